The molecule has 0 saturated carbocycles. The van der Waals surface area contributed by atoms with E-state index in [1.165, 1.54) is 0 Å². The molecule has 1 saturated heterocycles. The molecule has 0 atom stereocenters. The van der Waals surface area contributed by atoms with Gasteiger partial charge < -0.3 is 10.2 Å². The summed E-state index contributed by atoms with van der Waals surface area (Å²) in [5, 5.41) is 3.17. The second-order valence-electron chi connectivity index (χ2n) is 4.47. The fraction of sp³-hybridized carbons (Fsp3) is 0.538. The number of amides is 1. The lowest BCUT2D eigenvalue weighted by Gasteiger charge is -2.27. The maximum Gasteiger partial charge on any atom is 0.257 e. The SMILES string of the molecule is CCCNc1ncccc1C(=O)N1CCS(=O)CC1. The predicted octanol–water partition coefficient (Wildman–Crippen LogP) is 1.11. The summed E-state index contributed by atoms with van der Waals surface area (Å²) in [4.78, 5) is 18.4. The molecule has 1 aliphatic heterocycles. The van der Waals surface area contributed by atoms with Crippen LogP contribution in [0.3, 0.4) is 0 Å². The van der Waals surface area contributed by atoms with E-state index < -0.39 is 10.8 Å². The van der Waals surface area contributed by atoms with Crippen LogP contribution in [0.25, 0.3) is 0 Å². The Labute approximate surface area is 115 Å². The summed E-state index contributed by atoms with van der Waals surface area (Å²) >= 11 is 0. The number of carbonyl (C=O) groups is 1. The number of aromatic nitrogens is 1. The van der Waals surface area contributed by atoms with Crippen molar-refractivity contribution in [2.45, 2.75) is 13.3 Å². The van der Waals surface area contributed by atoms with Crippen molar-refractivity contribution in [2.75, 3.05) is 36.5 Å². The van der Waals surface area contributed by atoms with Crippen LogP contribution in [0.4, 0.5) is 5.82 Å². The molecule has 19 heavy (non-hydrogen) atoms. The first-order valence-corrected chi connectivity index (χ1v) is 8.04. The van der Waals surface area contributed by atoms with Crippen LogP contribution in [0.15, 0.2) is 18.3 Å². The monoisotopic (exact) mass is 281 g/mol. The predicted molar refractivity (Wildman–Crippen MR) is 76.8 cm³/mol. The summed E-state index contributed by atoms with van der Waals surface area (Å²) in [6.07, 6.45) is 2.66. The highest BCUT2D eigenvalue weighted by Gasteiger charge is 2.23. The summed E-state index contributed by atoms with van der Waals surface area (Å²) in [5.41, 5.74) is 0.601. The summed E-state index contributed by atoms with van der Waals surface area (Å²) < 4.78 is 11.3. The van der Waals surface area contributed by atoms with Crippen LogP contribution in [0.2, 0.25) is 0 Å². The van der Waals surface area contributed by atoms with Crippen molar-refractivity contribution < 1.29 is 9.00 Å². The number of nitrogens with zero attached hydrogens (tertiary/aromatic N) is 2. The Bertz CT molecular complexity index is 469. The van der Waals surface area contributed by atoms with E-state index in [0.29, 0.717) is 36.0 Å². The number of carbonyl (C=O) groups excluding carboxylic acids is 1. The first-order valence-electron chi connectivity index (χ1n) is 6.55. The molecule has 0 spiro atoms. The summed E-state index contributed by atoms with van der Waals surface area (Å²) in [6.45, 7) is 3.99. The van der Waals surface area contributed by atoms with Crippen LogP contribution in [0.5, 0.6) is 0 Å². The molecule has 2 heterocycles. The summed E-state index contributed by atoms with van der Waals surface area (Å²) in [6, 6.07) is 3.56. The van der Waals surface area contributed by atoms with Crippen molar-refractivity contribution in [3.8, 4) is 0 Å². The minimum Gasteiger partial charge on any atom is -0.369 e. The van der Waals surface area contributed by atoms with Gasteiger partial charge in [0.2, 0.25) is 0 Å². The van der Waals surface area contributed by atoms with E-state index in [1.807, 2.05) is 0 Å². The molecule has 5 nitrogen and oxygen atoms in total. The highest BCUT2D eigenvalue weighted by atomic mass is 32.2. The average molecular weight is 281 g/mol. The first kappa shape index (κ1) is 14.0. The molecule has 6 heteroatoms. The zero-order valence-corrected chi connectivity index (χ0v) is 11.9. The van der Waals surface area contributed by atoms with Crippen molar-refractivity contribution in [3.63, 3.8) is 0 Å². The Balaban J connectivity index is 2.11. The van der Waals surface area contributed by atoms with Crippen LogP contribution in [0, 0.1) is 0 Å². The third-order valence-corrected chi connectivity index (χ3v) is 4.32. The van der Waals surface area contributed by atoms with Crippen LogP contribution in [-0.4, -0.2) is 51.1 Å². The van der Waals surface area contributed by atoms with Gasteiger partial charge in [-0.05, 0) is 18.6 Å². The quantitative estimate of drug-likeness (QED) is 0.898. The van der Waals surface area contributed by atoms with Gasteiger partial charge in [-0.2, -0.15) is 0 Å². The number of hydrogen-bond donors (Lipinski definition) is 1. The lowest BCUT2D eigenvalue weighted by molar-refractivity contribution is 0.0772. The van der Waals surface area contributed by atoms with E-state index in [2.05, 4.69) is 17.2 Å². The molecule has 0 aromatic carbocycles. The van der Waals surface area contributed by atoms with Crippen molar-refractivity contribution in [2.24, 2.45) is 0 Å². The zero-order valence-electron chi connectivity index (χ0n) is 11.1. The summed E-state index contributed by atoms with van der Waals surface area (Å²) in [5.74, 6) is 1.76. The van der Waals surface area contributed by atoms with Gasteiger partial charge in [0.05, 0.1) is 5.56 Å². The van der Waals surface area contributed by atoms with Gasteiger partial charge in [-0.1, -0.05) is 6.92 Å². The lowest BCUT2D eigenvalue weighted by atomic mass is 10.2. The molecule has 0 bridgehead atoms. The molecule has 0 aliphatic carbocycles. The van der Waals surface area contributed by atoms with E-state index in [0.717, 1.165) is 13.0 Å². The molecule has 1 aliphatic rings. The highest BCUT2D eigenvalue weighted by molar-refractivity contribution is 7.85. The van der Waals surface area contributed by atoms with Crippen molar-refractivity contribution in [1.29, 1.82) is 0 Å². The standard InChI is InChI=1S/C13H19N3O2S/c1-2-5-14-12-11(4-3-6-15-12)13(17)16-7-9-19(18)10-8-16/h3-4,6H,2,5,7-10H2,1H3,(H,14,15). The van der Waals surface area contributed by atoms with Gasteiger partial charge in [-0.25, -0.2) is 4.98 Å². The van der Waals surface area contributed by atoms with Gasteiger partial charge in [-0.15, -0.1) is 0 Å². The maximum atomic E-state index is 12.4. The second kappa shape index (κ2) is 6.65. The van der Waals surface area contributed by atoms with Gasteiger partial charge in [0, 0.05) is 48.1 Å². The molecular formula is C13H19N3O2S. The van der Waals surface area contributed by atoms with E-state index in [1.54, 1.807) is 23.2 Å². The van der Waals surface area contributed by atoms with E-state index in [9.17, 15) is 9.00 Å². The number of hydrogen-bond acceptors (Lipinski definition) is 4. The van der Waals surface area contributed by atoms with E-state index in [4.69, 9.17) is 0 Å². The molecule has 1 amide bonds. The lowest BCUT2D eigenvalue weighted by Crippen LogP contribution is -2.42. The Hall–Kier alpha value is -1.43. The molecule has 1 N–H and O–H groups in total. The maximum absolute atomic E-state index is 12.4. The molecule has 1 fully saturated rings. The smallest absolute Gasteiger partial charge is 0.257 e. The van der Waals surface area contributed by atoms with Crippen molar-refractivity contribution in [3.05, 3.63) is 23.9 Å². The Kier molecular flexibility index (Phi) is 4.90. The van der Waals surface area contributed by atoms with Gasteiger partial charge in [-0.3, -0.25) is 9.00 Å². The molecule has 1 aromatic rings. The number of anilines is 1. The largest absolute Gasteiger partial charge is 0.369 e. The number of nitrogens with one attached hydrogen (secondary N) is 1. The zero-order chi connectivity index (χ0) is 13.7. The Morgan fingerprint density at radius 2 is 2.21 bits per heavy atom. The highest BCUT2D eigenvalue weighted by Crippen LogP contribution is 2.15. The molecule has 1 aromatic heterocycles. The first-order chi connectivity index (χ1) is 9.22. The Morgan fingerprint density at radius 1 is 1.47 bits per heavy atom. The van der Waals surface area contributed by atoms with E-state index >= 15 is 0 Å². The molecule has 0 radical (unpaired) electrons. The van der Waals surface area contributed by atoms with E-state index in [-0.39, 0.29) is 5.91 Å². The van der Waals surface area contributed by atoms with Crippen molar-refractivity contribution in [1.82, 2.24) is 9.88 Å². The molecule has 0 unspecified atom stereocenters. The van der Waals surface area contributed by atoms with Crippen LogP contribution in [0.1, 0.15) is 23.7 Å². The topological polar surface area (TPSA) is 62.3 Å². The fourth-order valence-corrected chi connectivity index (χ4v) is 3.03. The normalized spacial score (nSPS) is 16.4. The third kappa shape index (κ3) is 3.53. The molecule has 2 rings (SSSR count). The number of pyridine rings is 1. The van der Waals surface area contributed by atoms with Crippen LogP contribution < -0.4 is 5.32 Å². The minimum absolute atomic E-state index is 0.0246. The van der Waals surface area contributed by atoms with Gasteiger partial charge in [0.15, 0.2) is 0 Å². The van der Waals surface area contributed by atoms with Gasteiger partial charge in [0.1, 0.15) is 5.82 Å². The number of rotatable bonds is 4. The summed E-state index contributed by atoms with van der Waals surface area (Å²) in [7, 11) is -0.769. The molecular weight excluding hydrogens is 262 g/mol. The van der Waals surface area contributed by atoms with Crippen LogP contribution in [-0.2, 0) is 10.8 Å². The van der Waals surface area contributed by atoms with Crippen molar-refractivity contribution >= 4 is 22.5 Å². The average Bonchev–Trinajstić information content (AvgIpc) is 2.45. The van der Waals surface area contributed by atoms with Gasteiger partial charge in [0.25, 0.3) is 5.91 Å². The molecule has 104 valence electrons. The van der Waals surface area contributed by atoms with Gasteiger partial charge >= 0.3 is 0 Å². The van der Waals surface area contributed by atoms with Crippen LogP contribution >= 0.6 is 0 Å². The second-order valence-corrected chi connectivity index (χ2v) is 6.16. The minimum atomic E-state index is -0.769. The third-order valence-electron chi connectivity index (χ3n) is 3.05. The Morgan fingerprint density at radius 3 is 2.89 bits per heavy atom. The fourth-order valence-electron chi connectivity index (χ4n) is 1.97.